The van der Waals surface area contributed by atoms with Gasteiger partial charge in [-0.15, -0.1) is 0 Å². The molecule has 1 unspecified atom stereocenters. The van der Waals surface area contributed by atoms with Crippen LogP contribution in [0.1, 0.15) is 30.0 Å². The highest BCUT2D eigenvalue weighted by atomic mass is 35.5. The highest BCUT2D eigenvalue weighted by Gasteiger charge is 2.20. The summed E-state index contributed by atoms with van der Waals surface area (Å²) in [6, 6.07) is 10.7. The summed E-state index contributed by atoms with van der Waals surface area (Å²) in [5.74, 6) is -0.0197. The van der Waals surface area contributed by atoms with Crippen molar-refractivity contribution in [3.05, 3.63) is 58.4 Å². The van der Waals surface area contributed by atoms with Crippen molar-refractivity contribution in [1.82, 2.24) is 10.1 Å². The van der Waals surface area contributed by atoms with Gasteiger partial charge in [0.05, 0.1) is 10.6 Å². The Balaban J connectivity index is 1.72. The van der Waals surface area contributed by atoms with Gasteiger partial charge in [-0.3, -0.25) is 0 Å². The van der Waals surface area contributed by atoms with E-state index in [2.05, 4.69) is 10.1 Å². The first-order valence-electron chi connectivity index (χ1n) is 7.80. The van der Waals surface area contributed by atoms with Crippen molar-refractivity contribution in [2.24, 2.45) is 5.73 Å². The molecule has 0 spiro atoms. The van der Waals surface area contributed by atoms with Gasteiger partial charge in [0.25, 0.3) is 5.89 Å². The Hall–Kier alpha value is -2.24. The van der Waals surface area contributed by atoms with E-state index in [-0.39, 0.29) is 22.5 Å². The maximum atomic E-state index is 14.1. The summed E-state index contributed by atoms with van der Waals surface area (Å²) in [5.41, 5.74) is 9.55. The first kappa shape index (κ1) is 15.3. The van der Waals surface area contributed by atoms with Crippen LogP contribution in [0.4, 0.5) is 4.39 Å². The normalized spacial score (nSPS) is 16.9. The zero-order chi connectivity index (χ0) is 16.7. The van der Waals surface area contributed by atoms with Crippen LogP contribution < -0.4 is 5.73 Å². The van der Waals surface area contributed by atoms with E-state index in [0.29, 0.717) is 5.89 Å². The lowest BCUT2D eigenvalue weighted by Crippen LogP contribution is -2.17. The van der Waals surface area contributed by atoms with Gasteiger partial charge in [-0.2, -0.15) is 4.98 Å². The Morgan fingerprint density at radius 3 is 3.00 bits per heavy atom. The molecular formula is C18H15ClFN3O. The van der Waals surface area contributed by atoms with E-state index >= 15 is 0 Å². The second-order valence-corrected chi connectivity index (χ2v) is 6.34. The molecule has 1 aliphatic carbocycles. The zero-order valence-electron chi connectivity index (χ0n) is 12.8. The summed E-state index contributed by atoms with van der Waals surface area (Å²) in [4.78, 5) is 4.31. The van der Waals surface area contributed by atoms with Gasteiger partial charge in [0, 0.05) is 11.6 Å². The van der Waals surface area contributed by atoms with Crippen LogP contribution in [0.2, 0.25) is 5.02 Å². The molecule has 3 aromatic rings. The summed E-state index contributed by atoms with van der Waals surface area (Å²) < 4.78 is 19.4. The van der Waals surface area contributed by atoms with Gasteiger partial charge < -0.3 is 10.3 Å². The Labute approximate surface area is 143 Å². The van der Waals surface area contributed by atoms with Crippen LogP contribution in [-0.2, 0) is 6.42 Å². The quantitative estimate of drug-likeness (QED) is 0.742. The van der Waals surface area contributed by atoms with Crippen molar-refractivity contribution in [2.45, 2.75) is 25.3 Å². The molecule has 1 aromatic heterocycles. The molecule has 0 fully saturated rings. The Morgan fingerprint density at radius 2 is 2.12 bits per heavy atom. The maximum Gasteiger partial charge on any atom is 0.258 e. The van der Waals surface area contributed by atoms with Crippen molar-refractivity contribution in [2.75, 3.05) is 0 Å². The molecule has 0 saturated carbocycles. The molecule has 4 nitrogen and oxygen atoms in total. The second-order valence-electron chi connectivity index (χ2n) is 5.94. The molecule has 6 heteroatoms. The molecule has 0 radical (unpaired) electrons. The smallest absolute Gasteiger partial charge is 0.258 e. The van der Waals surface area contributed by atoms with Crippen LogP contribution in [-0.4, -0.2) is 10.1 Å². The molecule has 24 heavy (non-hydrogen) atoms. The predicted molar refractivity (Wildman–Crippen MR) is 90.0 cm³/mol. The van der Waals surface area contributed by atoms with E-state index < -0.39 is 5.82 Å². The van der Waals surface area contributed by atoms with Crippen molar-refractivity contribution < 1.29 is 8.91 Å². The Morgan fingerprint density at radius 1 is 1.25 bits per heavy atom. The largest absolute Gasteiger partial charge is 0.334 e. The third-order valence-electron chi connectivity index (χ3n) is 4.37. The fourth-order valence-electron chi connectivity index (χ4n) is 3.11. The summed E-state index contributed by atoms with van der Waals surface area (Å²) in [6.45, 7) is 0. The van der Waals surface area contributed by atoms with Gasteiger partial charge in [-0.25, -0.2) is 4.39 Å². The number of fused-ring (bicyclic) bond motifs is 1. The lowest BCUT2D eigenvalue weighted by molar-refractivity contribution is 0.431. The lowest BCUT2D eigenvalue weighted by atomic mass is 9.87. The molecule has 4 rings (SSSR count). The van der Waals surface area contributed by atoms with Crippen LogP contribution in [0.25, 0.3) is 22.8 Å². The molecule has 0 saturated heterocycles. The van der Waals surface area contributed by atoms with Gasteiger partial charge in [0.15, 0.2) is 5.82 Å². The number of nitrogens with zero attached hydrogens (tertiary/aromatic N) is 2. The van der Waals surface area contributed by atoms with Gasteiger partial charge in [0.2, 0.25) is 5.82 Å². The third kappa shape index (κ3) is 2.60. The highest BCUT2D eigenvalue weighted by molar-refractivity contribution is 6.31. The highest BCUT2D eigenvalue weighted by Crippen LogP contribution is 2.32. The van der Waals surface area contributed by atoms with Crippen LogP contribution in [0.5, 0.6) is 0 Å². The number of hydrogen-bond donors (Lipinski definition) is 1. The molecule has 0 bridgehead atoms. The van der Waals surface area contributed by atoms with Crippen molar-refractivity contribution >= 4 is 11.6 Å². The maximum absolute atomic E-state index is 14.1. The van der Waals surface area contributed by atoms with Crippen LogP contribution in [0.3, 0.4) is 0 Å². The first-order chi connectivity index (χ1) is 11.6. The lowest BCUT2D eigenvalue weighted by Gasteiger charge is -2.22. The minimum Gasteiger partial charge on any atom is -0.334 e. The molecule has 2 aromatic carbocycles. The molecule has 1 heterocycles. The zero-order valence-corrected chi connectivity index (χ0v) is 13.6. The summed E-state index contributed by atoms with van der Waals surface area (Å²) in [7, 11) is 0. The topological polar surface area (TPSA) is 64.9 Å². The minimum absolute atomic E-state index is 0.0293. The standard InChI is InChI=1S/C18H15ClFN3O/c19-14-5-2-4-13(16(14)20)17-22-18(24-23-17)11-7-8-12-10(9-11)3-1-6-15(12)21/h2,4-5,7-9,15H,1,3,6,21H2. The van der Waals surface area contributed by atoms with E-state index in [1.54, 1.807) is 12.1 Å². The number of aryl methyl sites for hydroxylation is 1. The van der Waals surface area contributed by atoms with Gasteiger partial charge >= 0.3 is 0 Å². The van der Waals surface area contributed by atoms with Gasteiger partial charge in [-0.05, 0) is 54.7 Å². The predicted octanol–water partition coefficient (Wildman–Crippen LogP) is 4.53. The molecule has 1 aliphatic rings. The number of nitrogens with two attached hydrogens (primary N) is 1. The van der Waals surface area contributed by atoms with E-state index in [4.69, 9.17) is 21.9 Å². The van der Waals surface area contributed by atoms with E-state index in [1.165, 1.54) is 17.2 Å². The molecular weight excluding hydrogens is 329 g/mol. The number of hydrogen-bond acceptors (Lipinski definition) is 4. The van der Waals surface area contributed by atoms with E-state index in [1.807, 2.05) is 18.2 Å². The van der Waals surface area contributed by atoms with Crippen molar-refractivity contribution in [1.29, 1.82) is 0 Å². The second kappa shape index (κ2) is 6.00. The van der Waals surface area contributed by atoms with Crippen LogP contribution >= 0.6 is 11.6 Å². The van der Waals surface area contributed by atoms with Gasteiger partial charge in [0.1, 0.15) is 0 Å². The van der Waals surface area contributed by atoms with E-state index in [0.717, 1.165) is 24.8 Å². The Bertz CT molecular complexity index is 909. The average Bonchev–Trinajstić information content (AvgIpc) is 3.07. The van der Waals surface area contributed by atoms with Gasteiger partial charge in [-0.1, -0.05) is 28.9 Å². The average molecular weight is 344 g/mol. The minimum atomic E-state index is -0.553. The summed E-state index contributed by atoms with van der Waals surface area (Å²) in [5, 5.41) is 3.91. The monoisotopic (exact) mass is 343 g/mol. The van der Waals surface area contributed by atoms with Crippen molar-refractivity contribution in [3.63, 3.8) is 0 Å². The molecule has 0 aliphatic heterocycles. The SMILES string of the molecule is NC1CCCc2cc(-c3nc(-c4cccc(Cl)c4F)no3)ccc21. The van der Waals surface area contributed by atoms with E-state index in [9.17, 15) is 4.39 Å². The molecule has 122 valence electrons. The first-order valence-corrected chi connectivity index (χ1v) is 8.18. The summed E-state index contributed by atoms with van der Waals surface area (Å²) >= 11 is 5.81. The molecule has 0 amide bonds. The number of rotatable bonds is 2. The fraction of sp³-hybridized carbons (Fsp3) is 0.222. The number of benzene rings is 2. The fourth-order valence-corrected chi connectivity index (χ4v) is 3.29. The number of aromatic nitrogens is 2. The van der Waals surface area contributed by atoms with Crippen LogP contribution in [0.15, 0.2) is 40.9 Å². The number of halogens is 2. The summed E-state index contributed by atoms with van der Waals surface area (Å²) in [6.07, 6.45) is 3.06. The van der Waals surface area contributed by atoms with Crippen LogP contribution in [0, 0.1) is 5.82 Å². The third-order valence-corrected chi connectivity index (χ3v) is 4.66. The molecule has 2 N–H and O–H groups in total. The molecule has 1 atom stereocenters. The van der Waals surface area contributed by atoms with Crippen molar-refractivity contribution in [3.8, 4) is 22.8 Å². The Kier molecular flexibility index (Phi) is 3.82.